The van der Waals surface area contributed by atoms with Crippen LogP contribution in [0.3, 0.4) is 0 Å². The lowest BCUT2D eigenvalue weighted by molar-refractivity contribution is 0.156. The predicted octanol–water partition coefficient (Wildman–Crippen LogP) is 5.51. The third-order valence-corrected chi connectivity index (χ3v) is 8.83. The lowest BCUT2D eigenvalue weighted by Crippen LogP contribution is -2.43. The van der Waals surface area contributed by atoms with Gasteiger partial charge in [0.1, 0.15) is 0 Å². The van der Waals surface area contributed by atoms with Crippen LogP contribution in [0.2, 0.25) is 0 Å². The third kappa shape index (κ3) is 4.37. The summed E-state index contributed by atoms with van der Waals surface area (Å²) in [5.41, 5.74) is 1.52. The van der Waals surface area contributed by atoms with Crippen LogP contribution >= 0.6 is 7.92 Å². The van der Waals surface area contributed by atoms with Crippen LogP contribution in [0.15, 0.2) is 60.7 Å². The molecule has 0 saturated heterocycles. The Kier molecular flexibility index (Phi) is 6.86. The van der Waals surface area contributed by atoms with Gasteiger partial charge in [0.15, 0.2) is 0 Å². The van der Waals surface area contributed by atoms with E-state index in [1.54, 1.807) is 0 Å². The average molecular weight is 389 g/mol. The minimum Gasteiger partial charge on any atom is -0.300 e. The van der Waals surface area contributed by atoms with E-state index < -0.39 is 7.92 Å². The van der Waals surface area contributed by atoms with Gasteiger partial charge >= 0.3 is 0 Å². The fourth-order valence-corrected chi connectivity index (χ4v) is 7.14. The Labute approximate surface area is 173 Å². The van der Waals surface area contributed by atoms with Gasteiger partial charge in [-0.1, -0.05) is 79.9 Å². The summed E-state index contributed by atoms with van der Waals surface area (Å²) in [6.45, 7) is 2.40. The van der Waals surface area contributed by atoms with Crippen molar-refractivity contribution in [3.8, 4) is 0 Å². The molecule has 2 fully saturated rings. The molecule has 2 aliphatic rings. The molecule has 0 N–H and O–H groups in total. The highest BCUT2D eigenvalue weighted by Crippen LogP contribution is 2.57. The van der Waals surface area contributed by atoms with Gasteiger partial charge in [0.25, 0.3) is 0 Å². The first-order chi connectivity index (χ1) is 13.8. The Morgan fingerprint density at radius 2 is 1.39 bits per heavy atom. The summed E-state index contributed by atoms with van der Waals surface area (Å²) < 4.78 is 0. The predicted molar refractivity (Wildman–Crippen MR) is 123 cm³/mol. The highest BCUT2D eigenvalue weighted by molar-refractivity contribution is 7.76. The molecule has 2 saturated carbocycles. The lowest BCUT2D eigenvalue weighted by Gasteiger charge is -2.41. The molecule has 0 heterocycles. The van der Waals surface area contributed by atoms with Gasteiger partial charge in [0.05, 0.1) is 0 Å². The first-order valence-corrected chi connectivity index (χ1v) is 12.0. The Hall–Kier alpha value is -1.17. The summed E-state index contributed by atoms with van der Waals surface area (Å²) in [4.78, 5) is 2.64. The Balaban J connectivity index is 1.60. The normalized spacial score (nSPS) is 20.9. The summed E-state index contributed by atoms with van der Waals surface area (Å²) >= 11 is 0. The smallest absolute Gasteiger partial charge is 0.0211 e. The van der Waals surface area contributed by atoms with Crippen molar-refractivity contribution in [2.24, 2.45) is 0 Å². The second-order valence-electron chi connectivity index (χ2n) is 8.01. The molecule has 0 spiro atoms. The first-order valence-electron chi connectivity index (χ1n) is 10.6. The van der Waals surface area contributed by atoms with Crippen LogP contribution < -0.4 is 10.6 Å². The molecule has 2 aromatic carbocycles. The number of hydrogen-bond donors (Lipinski definition) is 0. The molecular weight excluding hydrogens is 357 g/mol. The maximum Gasteiger partial charge on any atom is 0.0211 e. The second kappa shape index (κ2) is 9.55. The molecule has 0 bridgehead atoms. The van der Waals surface area contributed by atoms with E-state index in [0.29, 0.717) is 6.04 Å². The van der Waals surface area contributed by atoms with Crippen LogP contribution in [0.1, 0.15) is 39.0 Å². The molecule has 0 aromatic heterocycles. The van der Waals surface area contributed by atoms with Crippen molar-refractivity contribution in [2.75, 3.05) is 7.05 Å². The molecule has 2 aliphatic carbocycles. The maximum absolute atomic E-state index is 2.64. The van der Waals surface area contributed by atoms with Crippen LogP contribution in [0.4, 0.5) is 0 Å². The summed E-state index contributed by atoms with van der Waals surface area (Å²) in [6, 6.07) is 23.3. The highest BCUT2D eigenvalue weighted by Gasteiger charge is 2.41. The van der Waals surface area contributed by atoms with Gasteiger partial charge < -0.3 is 4.90 Å². The van der Waals surface area contributed by atoms with E-state index in [-0.39, 0.29) is 0 Å². The minimum atomic E-state index is -0.531. The van der Waals surface area contributed by atoms with Gasteiger partial charge in [-0.05, 0) is 64.6 Å². The van der Waals surface area contributed by atoms with Crippen molar-refractivity contribution in [1.82, 2.24) is 4.90 Å². The zero-order valence-corrected chi connectivity index (χ0v) is 18.0. The van der Waals surface area contributed by atoms with Crippen LogP contribution in [-0.2, 0) is 0 Å². The molecule has 4 rings (SSSR count). The molecule has 5 radical (unpaired) electrons. The van der Waals surface area contributed by atoms with Crippen molar-refractivity contribution in [2.45, 2.75) is 51.1 Å². The van der Waals surface area contributed by atoms with Gasteiger partial charge in [-0.2, -0.15) is 0 Å². The van der Waals surface area contributed by atoms with Crippen molar-refractivity contribution in [3.05, 3.63) is 91.5 Å². The van der Waals surface area contributed by atoms with Gasteiger partial charge in [-0.15, -0.1) is 0 Å². The maximum atomic E-state index is 2.64. The zero-order valence-electron chi connectivity index (χ0n) is 17.1. The van der Waals surface area contributed by atoms with E-state index in [1.165, 1.54) is 54.3 Å². The lowest BCUT2D eigenvalue weighted by atomic mass is 9.90. The fraction of sp³-hybridized carbons (Fsp3) is 0.346. The van der Waals surface area contributed by atoms with E-state index in [4.69, 9.17) is 0 Å². The topological polar surface area (TPSA) is 3.24 Å². The van der Waals surface area contributed by atoms with Gasteiger partial charge in [0.2, 0.25) is 0 Å². The van der Waals surface area contributed by atoms with Crippen LogP contribution in [-0.4, -0.2) is 24.0 Å². The van der Waals surface area contributed by atoms with Gasteiger partial charge in [0, 0.05) is 23.7 Å². The van der Waals surface area contributed by atoms with Crippen molar-refractivity contribution in [1.29, 1.82) is 0 Å². The summed E-state index contributed by atoms with van der Waals surface area (Å²) in [6.07, 6.45) is 13.9. The van der Waals surface area contributed by atoms with Crippen molar-refractivity contribution < 1.29 is 0 Å². The number of hydrogen-bond acceptors (Lipinski definition) is 1. The SMILES string of the molecule is C[C@H]([C]1[CH][CH][CH][C]1P(c1ccccc1)c1ccccc1)N(C)C1CCCCC1. The Morgan fingerprint density at radius 1 is 0.821 bits per heavy atom. The third-order valence-electron chi connectivity index (χ3n) is 6.31. The molecule has 1 nitrogen and oxygen atoms in total. The van der Waals surface area contributed by atoms with Gasteiger partial charge in [-0.3, -0.25) is 0 Å². The first kappa shape index (κ1) is 20.1. The van der Waals surface area contributed by atoms with E-state index >= 15 is 0 Å². The van der Waals surface area contributed by atoms with E-state index in [1.807, 2.05) is 0 Å². The van der Waals surface area contributed by atoms with Gasteiger partial charge in [-0.25, -0.2) is 0 Å². The van der Waals surface area contributed by atoms with E-state index in [9.17, 15) is 0 Å². The molecule has 0 aliphatic heterocycles. The monoisotopic (exact) mass is 388 g/mol. The van der Waals surface area contributed by atoms with Crippen molar-refractivity contribution in [3.63, 3.8) is 0 Å². The zero-order chi connectivity index (χ0) is 19.3. The number of benzene rings is 2. The molecule has 2 aromatic rings. The quantitative estimate of drug-likeness (QED) is 0.590. The Morgan fingerprint density at radius 3 is 1.96 bits per heavy atom. The Bertz CT molecular complexity index is 670. The van der Waals surface area contributed by atoms with Crippen LogP contribution in [0, 0.1) is 30.8 Å². The molecule has 1 atom stereocenters. The second-order valence-corrected chi connectivity index (χ2v) is 10.2. The number of rotatable bonds is 6. The fourth-order valence-electron chi connectivity index (χ4n) is 4.59. The molecule has 28 heavy (non-hydrogen) atoms. The van der Waals surface area contributed by atoms with E-state index in [2.05, 4.69) is 98.8 Å². The van der Waals surface area contributed by atoms with Crippen LogP contribution in [0.5, 0.6) is 0 Å². The largest absolute Gasteiger partial charge is 0.300 e. The molecule has 0 amide bonds. The van der Waals surface area contributed by atoms with E-state index in [0.717, 1.165) is 6.04 Å². The standard InChI is InChI=1S/C26H31NP/c1-21(27(2)22-13-6-3-7-14-22)25-19-12-20-26(25)28(23-15-8-4-9-16-23)24-17-10-5-11-18-24/h4-5,8-12,15-22H,3,6-7,13-14H2,1-2H3/t21-/m1/s1. The minimum absolute atomic E-state index is 0.450. The summed E-state index contributed by atoms with van der Waals surface area (Å²) in [5, 5.41) is 2.87. The molecule has 2 heteroatoms. The molecular formula is C26H31NP. The van der Waals surface area contributed by atoms with Crippen molar-refractivity contribution >= 4 is 18.5 Å². The highest BCUT2D eigenvalue weighted by atomic mass is 31.1. The summed E-state index contributed by atoms with van der Waals surface area (Å²) in [5.74, 6) is 1.51. The summed E-state index contributed by atoms with van der Waals surface area (Å²) in [7, 11) is 1.81. The van der Waals surface area contributed by atoms with Crippen LogP contribution in [0.25, 0.3) is 0 Å². The average Bonchev–Trinajstić information content (AvgIpc) is 3.24. The number of nitrogens with zero attached hydrogens (tertiary/aromatic N) is 1. The molecule has 0 unspecified atom stereocenters. The molecule has 145 valence electrons.